The van der Waals surface area contributed by atoms with Gasteiger partial charge in [-0.15, -0.1) is 10.2 Å². The smallest absolute Gasteiger partial charge is 0.269 e. The molecule has 4 aromatic rings. The van der Waals surface area contributed by atoms with Crippen molar-refractivity contribution in [2.45, 2.75) is 6.04 Å². The number of para-hydroxylation sites is 1. The lowest BCUT2D eigenvalue weighted by atomic mass is 9.95. The normalized spacial score (nSPS) is 15.0. The van der Waals surface area contributed by atoms with Crippen molar-refractivity contribution in [2.75, 3.05) is 5.32 Å². The van der Waals surface area contributed by atoms with Crippen LogP contribution in [0.25, 0.3) is 22.2 Å². The molecule has 5 rings (SSSR count). The molecule has 0 saturated carbocycles. The van der Waals surface area contributed by atoms with Gasteiger partial charge in [0.15, 0.2) is 11.3 Å². The van der Waals surface area contributed by atoms with Crippen LogP contribution in [0.4, 0.5) is 5.69 Å². The fourth-order valence-corrected chi connectivity index (χ4v) is 4.04. The molecule has 0 saturated heterocycles. The third kappa shape index (κ3) is 2.33. The second kappa shape index (κ2) is 5.97. The average molecular weight is 392 g/mol. The van der Waals surface area contributed by atoms with Crippen LogP contribution in [-0.4, -0.2) is 26.2 Å². The summed E-state index contributed by atoms with van der Waals surface area (Å²) in [5, 5.41) is 22.6. The number of H-pyrrole nitrogens is 1. The van der Waals surface area contributed by atoms with Crippen molar-refractivity contribution in [3.8, 4) is 16.9 Å². The van der Waals surface area contributed by atoms with E-state index in [0.717, 1.165) is 27.8 Å². The molecule has 5 N–H and O–H groups in total. The van der Waals surface area contributed by atoms with E-state index < -0.39 is 5.91 Å². The highest BCUT2D eigenvalue weighted by Gasteiger charge is 2.30. The summed E-state index contributed by atoms with van der Waals surface area (Å²) in [6, 6.07) is 12.1. The maximum atomic E-state index is 12.1. The molecule has 0 fully saturated rings. The molecule has 0 unspecified atom stereocenters. The van der Waals surface area contributed by atoms with Crippen LogP contribution in [0, 0.1) is 0 Å². The van der Waals surface area contributed by atoms with Crippen molar-refractivity contribution >= 4 is 34.2 Å². The zero-order chi connectivity index (χ0) is 19.4. The van der Waals surface area contributed by atoms with Crippen molar-refractivity contribution in [2.24, 2.45) is 5.73 Å². The molecule has 3 heterocycles. The Bertz CT molecular complexity index is 1270. The number of carbonyl (C=O) groups is 1. The maximum absolute atomic E-state index is 12.1. The number of hydrogen-bond acceptors (Lipinski definition) is 5. The summed E-state index contributed by atoms with van der Waals surface area (Å²) in [6.45, 7) is 0. The average Bonchev–Trinajstić information content (AvgIpc) is 3.04. The minimum Gasteiger partial charge on any atom is -0.508 e. The van der Waals surface area contributed by atoms with E-state index in [9.17, 15) is 9.90 Å². The number of primary amides is 1. The number of anilines is 1. The number of carbonyl (C=O) groups excluding carboxylic acids is 1. The highest BCUT2D eigenvalue weighted by atomic mass is 35.5. The molecule has 0 aliphatic carbocycles. The molecule has 1 amide bonds. The largest absolute Gasteiger partial charge is 0.508 e. The van der Waals surface area contributed by atoms with Crippen molar-refractivity contribution < 1.29 is 9.90 Å². The van der Waals surface area contributed by atoms with Crippen LogP contribution in [-0.2, 0) is 0 Å². The van der Waals surface area contributed by atoms with Gasteiger partial charge < -0.3 is 21.1 Å². The molecular formula is C20H14ClN5O2. The summed E-state index contributed by atoms with van der Waals surface area (Å²) in [6.07, 6.45) is 1.82. The Hall–Kier alpha value is -3.58. The number of amides is 1. The van der Waals surface area contributed by atoms with Crippen LogP contribution in [0.1, 0.15) is 27.7 Å². The monoisotopic (exact) mass is 391 g/mol. The van der Waals surface area contributed by atoms with E-state index in [2.05, 4.69) is 20.5 Å². The number of phenols is 1. The number of nitrogens with one attached hydrogen (secondary N) is 2. The lowest BCUT2D eigenvalue weighted by molar-refractivity contribution is 0.0995. The number of aromatic nitrogens is 3. The predicted molar refractivity (Wildman–Crippen MR) is 106 cm³/mol. The minimum absolute atomic E-state index is 0.0873. The summed E-state index contributed by atoms with van der Waals surface area (Å²) in [4.78, 5) is 15.2. The number of aromatic amines is 1. The second-order valence-electron chi connectivity index (χ2n) is 6.58. The van der Waals surface area contributed by atoms with Gasteiger partial charge in [-0.05, 0) is 23.8 Å². The first-order valence-electron chi connectivity index (χ1n) is 8.56. The van der Waals surface area contributed by atoms with Crippen molar-refractivity contribution in [1.82, 2.24) is 15.2 Å². The third-order valence-electron chi connectivity index (χ3n) is 4.96. The van der Waals surface area contributed by atoms with Gasteiger partial charge in [0.05, 0.1) is 6.04 Å². The molecule has 0 spiro atoms. The number of fused-ring (bicyclic) bond motifs is 2. The molecular weight excluding hydrogens is 378 g/mol. The van der Waals surface area contributed by atoms with E-state index in [1.54, 1.807) is 12.1 Å². The Morgan fingerprint density at radius 3 is 2.75 bits per heavy atom. The van der Waals surface area contributed by atoms with Crippen molar-refractivity contribution in [3.05, 3.63) is 70.5 Å². The molecule has 1 aliphatic heterocycles. The lowest BCUT2D eigenvalue weighted by Crippen LogP contribution is -2.15. The molecule has 1 aliphatic rings. The van der Waals surface area contributed by atoms with Gasteiger partial charge in [-0.25, -0.2) is 0 Å². The van der Waals surface area contributed by atoms with E-state index in [1.165, 1.54) is 6.07 Å². The van der Waals surface area contributed by atoms with Gasteiger partial charge in [-0.3, -0.25) is 4.79 Å². The van der Waals surface area contributed by atoms with E-state index in [4.69, 9.17) is 17.3 Å². The number of halogens is 1. The minimum atomic E-state index is -0.646. The molecule has 2 aromatic carbocycles. The Morgan fingerprint density at radius 2 is 1.96 bits per heavy atom. The van der Waals surface area contributed by atoms with Gasteiger partial charge in [0, 0.05) is 39.0 Å². The molecule has 2 aromatic heterocycles. The highest BCUT2D eigenvalue weighted by Crippen LogP contribution is 2.45. The van der Waals surface area contributed by atoms with Gasteiger partial charge in [0.25, 0.3) is 5.91 Å². The van der Waals surface area contributed by atoms with Crippen LogP contribution in [0.5, 0.6) is 5.75 Å². The maximum Gasteiger partial charge on any atom is 0.269 e. The van der Waals surface area contributed by atoms with Gasteiger partial charge >= 0.3 is 0 Å². The summed E-state index contributed by atoms with van der Waals surface area (Å²) in [5.41, 5.74) is 10.1. The topological polar surface area (TPSA) is 117 Å². The van der Waals surface area contributed by atoms with Gasteiger partial charge in [0.2, 0.25) is 0 Å². The van der Waals surface area contributed by atoms with E-state index in [0.29, 0.717) is 16.2 Å². The molecule has 28 heavy (non-hydrogen) atoms. The van der Waals surface area contributed by atoms with E-state index in [-0.39, 0.29) is 17.5 Å². The van der Waals surface area contributed by atoms with E-state index in [1.807, 2.05) is 30.5 Å². The van der Waals surface area contributed by atoms with Gasteiger partial charge in [0.1, 0.15) is 5.75 Å². The Kier molecular flexibility index (Phi) is 3.53. The third-order valence-corrected chi connectivity index (χ3v) is 5.29. The number of hydrogen-bond donors (Lipinski definition) is 4. The predicted octanol–water partition coefficient (Wildman–Crippen LogP) is 3.60. The molecule has 8 heteroatoms. The summed E-state index contributed by atoms with van der Waals surface area (Å²) in [7, 11) is 0. The van der Waals surface area contributed by atoms with Crippen LogP contribution < -0.4 is 11.1 Å². The molecule has 0 bridgehead atoms. The Labute approximate surface area is 164 Å². The number of benzene rings is 2. The fraction of sp³-hybridized carbons (Fsp3) is 0.0500. The van der Waals surface area contributed by atoms with Gasteiger partial charge in [-0.1, -0.05) is 35.9 Å². The zero-order valence-electron chi connectivity index (χ0n) is 14.4. The zero-order valence-corrected chi connectivity index (χ0v) is 15.2. The first-order valence-corrected chi connectivity index (χ1v) is 8.94. The first kappa shape index (κ1) is 16.6. The quantitative estimate of drug-likeness (QED) is 0.416. The van der Waals surface area contributed by atoms with Crippen molar-refractivity contribution in [3.63, 3.8) is 0 Å². The SMILES string of the molecule is NC(=O)c1nnc2[nH]cc3c2c1-c1ccccc1N[C@H]3c1ccc(O)cc1Cl. The standard InChI is InChI=1S/C20H14ClN5O2/c21-13-7-9(27)5-6-10(13)17-12-8-23-20-16(12)15(18(19(22)28)25-26-20)11-3-1-2-4-14(11)24-17/h1-8,17,24,27H,(H2,22,28)(H,23,26)/t17-/m0/s1. The van der Waals surface area contributed by atoms with Crippen LogP contribution in [0.2, 0.25) is 5.02 Å². The van der Waals surface area contributed by atoms with Crippen LogP contribution in [0.3, 0.4) is 0 Å². The Balaban J connectivity index is 1.89. The number of aromatic hydroxyl groups is 1. The molecule has 138 valence electrons. The molecule has 7 nitrogen and oxygen atoms in total. The summed E-state index contributed by atoms with van der Waals surface area (Å²) >= 11 is 6.44. The molecule has 0 radical (unpaired) electrons. The van der Waals surface area contributed by atoms with Gasteiger partial charge in [-0.2, -0.15) is 0 Å². The summed E-state index contributed by atoms with van der Waals surface area (Å²) in [5.74, 6) is -0.559. The molecule has 1 atom stereocenters. The van der Waals surface area contributed by atoms with Crippen molar-refractivity contribution in [1.29, 1.82) is 0 Å². The van der Waals surface area contributed by atoms with Crippen LogP contribution in [0.15, 0.2) is 48.7 Å². The number of phenolic OH excluding ortho intramolecular Hbond substituents is 1. The summed E-state index contributed by atoms with van der Waals surface area (Å²) < 4.78 is 0. The number of nitrogens with zero attached hydrogens (tertiary/aromatic N) is 2. The lowest BCUT2D eigenvalue weighted by Gasteiger charge is -2.20. The highest BCUT2D eigenvalue weighted by molar-refractivity contribution is 6.31. The fourth-order valence-electron chi connectivity index (χ4n) is 3.76. The van der Waals surface area contributed by atoms with Crippen LogP contribution >= 0.6 is 11.6 Å². The Morgan fingerprint density at radius 1 is 1.14 bits per heavy atom. The number of nitrogens with two attached hydrogens (primary N) is 1. The van der Waals surface area contributed by atoms with E-state index >= 15 is 0 Å². The first-order chi connectivity index (χ1) is 13.5. The number of rotatable bonds is 2. The second-order valence-corrected chi connectivity index (χ2v) is 6.99.